The summed E-state index contributed by atoms with van der Waals surface area (Å²) in [5, 5.41) is 0. The van der Waals surface area contributed by atoms with Crippen LogP contribution >= 0.6 is 7.82 Å². The average molecular weight is 702 g/mol. The molecule has 0 amide bonds. The Labute approximate surface area is 296 Å². The highest BCUT2D eigenvalue weighted by Crippen LogP contribution is 2.43. The van der Waals surface area contributed by atoms with Crippen LogP contribution in [0.5, 0.6) is 0 Å². The molecule has 0 heterocycles. The van der Waals surface area contributed by atoms with Crippen LogP contribution in [-0.4, -0.2) is 43.3 Å². The molecule has 9 heteroatoms. The molecular weight excluding hydrogens is 625 g/mol. The van der Waals surface area contributed by atoms with Crippen molar-refractivity contribution < 1.29 is 32.8 Å². The first-order valence-corrected chi connectivity index (χ1v) is 21.4. The van der Waals surface area contributed by atoms with Gasteiger partial charge in [-0.25, -0.2) is 4.57 Å². The first-order valence-electron chi connectivity index (χ1n) is 19.9. The molecule has 0 bridgehead atoms. The lowest BCUT2D eigenvalue weighted by Gasteiger charge is -2.19. The second-order valence-electron chi connectivity index (χ2n) is 13.2. The zero-order chi connectivity index (χ0) is 35.2. The predicted molar refractivity (Wildman–Crippen MR) is 201 cm³/mol. The summed E-state index contributed by atoms with van der Waals surface area (Å²) < 4.78 is 33.1. The SMILES string of the molecule is CCCCCCC=CCCCCCCCC(=O)O[C@H](COC=CCCCCCCCCCCCCCCCC)COP(=O)(O)OCCN. The molecule has 0 aliphatic rings. The number of unbranched alkanes of at least 4 members (excludes halogenated alkanes) is 23. The average Bonchev–Trinajstić information content (AvgIpc) is 3.07. The molecule has 2 atom stereocenters. The van der Waals surface area contributed by atoms with Gasteiger partial charge in [-0.15, -0.1) is 0 Å². The molecule has 0 saturated heterocycles. The zero-order valence-corrected chi connectivity index (χ0v) is 32.1. The summed E-state index contributed by atoms with van der Waals surface area (Å²) >= 11 is 0. The number of phosphoric ester groups is 1. The second-order valence-corrected chi connectivity index (χ2v) is 14.7. The van der Waals surface area contributed by atoms with E-state index >= 15 is 0 Å². The van der Waals surface area contributed by atoms with E-state index in [0.29, 0.717) is 6.42 Å². The highest BCUT2D eigenvalue weighted by Gasteiger charge is 2.25. The van der Waals surface area contributed by atoms with Crippen molar-refractivity contribution >= 4 is 13.8 Å². The van der Waals surface area contributed by atoms with Gasteiger partial charge in [0.2, 0.25) is 0 Å². The lowest BCUT2D eigenvalue weighted by Crippen LogP contribution is -2.27. The van der Waals surface area contributed by atoms with Crippen molar-refractivity contribution in [2.45, 2.75) is 193 Å². The van der Waals surface area contributed by atoms with E-state index < -0.39 is 13.9 Å². The van der Waals surface area contributed by atoms with Gasteiger partial charge in [-0.2, -0.15) is 0 Å². The Morgan fingerprint density at radius 2 is 1.06 bits per heavy atom. The number of carbonyl (C=O) groups excluding carboxylic acids is 1. The third-order valence-electron chi connectivity index (χ3n) is 8.44. The smallest absolute Gasteiger partial charge is 0.472 e. The van der Waals surface area contributed by atoms with Crippen molar-refractivity contribution in [3.8, 4) is 0 Å². The quantitative estimate of drug-likeness (QED) is 0.0215. The maximum absolute atomic E-state index is 12.5. The lowest BCUT2D eigenvalue weighted by atomic mass is 10.0. The summed E-state index contributed by atoms with van der Waals surface area (Å²) in [4.78, 5) is 22.4. The van der Waals surface area contributed by atoms with Gasteiger partial charge in [0.1, 0.15) is 6.61 Å². The van der Waals surface area contributed by atoms with Crippen LogP contribution < -0.4 is 5.73 Å². The summed E-state index contributed by atoms with van der Waals surface area (Å²) in [5.74, 6) is -0.361. The molecular formula is C39H76NO7P. The molecule has 8 nitrogen and oxygen atoms in total. The van der Waals surface area contributed by atoms with E-state index in [1.807, 2.05) is 6.08 Å². The monoisotopic (exact) mass is 702 g/mol. The maximum atomic E-state index is 12.5. The van der Waals surface area contributed by atoms with Gasteiger partial charge in [-0.1, -0.05) is 148 Å². The van der Waals surface area contributed by atoms with E-state index in [0.717, 1.165) is 44.9 Å². The number of hydrogen-bond acceptors (Lipinski definition) is 7. The standard InChI is InChI=1S/C39H76NO7P/c1-3-5-7-9-11-13-15-17-18-19-21-23-25-27-29-31-34-44-36-38(37-46-48(42,43)45-35-33-40)47-39(41)32-30-28-26-24-22-20-16-14-12-10-8-6-4-2/h14,16,31,34,38H,3-13,15,17-30,32-33,35-37,40H2,1-2H3,(H,42,43)/t38-/m1/s1. The van der Waals surface area contributed by atoms with Crippen LogP contribution in [0.2, 0.25) is 0 Å². The van der Waals surface area contributed by atoms with Crippen molar-refractivity contribution in [3.05, 3.63) is 24.5 Å². The van der Waals surface area contributed by atoms with Gasteiger partial charge in [0.05, 0.1) is 19.5 Å². The number of phosphoric acid groups is 1. The molecule has 0 aliphatic heterocycles. The van der Waals surface area contributed by atoms with Crippen molar-refractivity contribution in [2.24, 2.45) is 5.73 Å². The highest BCUT2D eigenvalue weighted by molar-refractivity contribution is 7.47. The van der Waals surface area contributed by atoms with Crippen molar-refractivity contribution in [1.29, 1.82) is 0 Å². The first kappa shape index (κ1) is 46.8. The Kier molecular flexibility index (Phi) is 36.2. The molecule has 0 rings (SSSR count). The van der Waals surface area contributed by atoms with E-state index in [-0.39, 0.29) is 32.3 Å². The van der Waals surface area contributed by atoms with Gasteiger partial charge in [0, 0.05) is 13.0 Å². The number of allylic oxidation sites excluding steroid dienone is 3. The molecule has 0 aromatic rings. The summed E-state index contributed by atoms with van der Waals surface area (Å²) in [5.41, 5.74) is 5.35. The van der Waals surface area contributed by atoms with Crippen LogP contribution in [-0.2, 0) is 27.9 Å². The number of esters is 1. The molecule has 0 aromatic heterocycles. The van der Waals surface area contributed by atoms with Gasteiger partial charge in [-0.05, 0) is 51.0 Å². The van der Waals surface area contributed by atoms with Crippen molar-refractivity contribution in [2.75, 3.05) is 26.4 Å². The van der Waals surface area contributed by atoms with Crippen LogP contribution in [0.1, 0.15) is 187 Å². The fourth-order valence-corrected chi connectivity index (χ4v) is 6.25. The Hall–Kier alpha value is -1.18. The number of hydrogen-bond donors (Lipinski definition) is 2. The fraction of sp³-hybridized carbons (Fsp3) is 0.872. The second kappa shape index (κ2) is 37.1. The molecule has 48 heavy (non-hydrogen) atoms. The number of nitrogens with two attached hydrogens (primary N) is 1. The molecule has 0 aromatic carbocycles. The molecule has 0 fully saturated rings. The fourth-order valence-electron chi connectivity index (χ4n) is 5.49. The van der Waals surface area contributed by atoms with E-state index in [2.05, 4.69) is 26.0 Å². The molecule has 3 N–H and O–H groups in total. The van der Waals surface area contributed by atoms with Crippen LogP contribution in [0.15, 0.2) is 24.5 Å². The molecule has 0 saturated carbocycles. The van der Waals surface area contributed by atoms with Gasteiger partial charge in [0.15, 0.2) is 6.10 Å². The van der Waals surface area contributed by atoms with Gasteiger partial charge in [0.25, 0.3) is 0 Å². The van der Waals surface area contributed by atoms with Crippen LogP contribution in [0.4, 0.5) is 0 Å². The minimum atomic E-state index is -4.29. The number of rotatable bonds is 38. The van der Waals surface area contributed by atoms with Gasteiger partial charge < -0.3 is 20.1 Å². The molecule has 1 unspecified atom stereocenters. The zero-order valence-electron chi connectivity index (χ0n) is 31.2. The van der Waals surface area contributed by atoms with Crippen molar-refractivity contribution in [3.63, 3.8) is 0 Å². The Bertz CT molecular complexity index is 792. The Balaban J connectivity index is 4.12. The number of ether oxygens (including phenoxy) is 2. The summed E-state index contributed by atoms with van der Waals surface area (Å²) in [7, 11) is -4.29. The predicted octanol–water partition coefficient (Wildman–Crippen LogP) is 11.6. The summed E-state index contributed by atoms with van der Waals surface area (Å²) in [6.07, 6.45) is 40.0. The first-order chi connectivity index (χ1) is 23.4. The third kappa shape index (κ3) is 36.1. The van der Waals surface area contributed by atoms with Crippen LogP contribution in [0.3, 0.4) is 0 Å². The Morgan fingerprint density at radius 1 is 0.625 bits per heavy atom. The lowest BCUT2D eigenvalue weighted by molar-refractivity contribution is -0.153. The number of carbonyl (C=O) groups is 1. The van der Waals surface area contributed by atoms with E-state index in [4.69, 9.17) is 24.3 Å². The van der Waals surface area contributed by atoms with Crippen molar-refractivity contribution in [1.82, 2.24) is 0 Å². The molecule has 0 spiro atoms. The molecule has 284 valence electrons. The molecule has 0 radical (unpaired) electrons. The normalized spacial score (nSPS) is 13.8. The highest BCUT2D eigenvalue weighted by atomic mass is 31.2. The van der Waals surface area contributed by atoms with Crippen LogP contribution in [0.25, 0.3) is 0 Å². The van der Waals surface area contributed by atoms with E-state index in [9.17, 15) is 14.3 Å². The third-order valence-corrected chi connectivity index (χ3v) is 9.42. The summed E-state index contributed by atoms with van der Waals surface area (Å²) in [6.45, 7) is 4.22. The largest absolute Gasteiger partial charge is 0.498 e. The van der Waals surface area contributed by atoms with E-state index in [1.165, 1.54) is 122 Å². The van der Waals surface area contributed by atoms with E-state index in [1.54, 1.807) is 6.26 Å². The van der Waals surface area contributed by atoms with Gasteiger partial charge in [-0.3, -0.25) is 13.8 Å². The molecule has 0 aliphatic carbocycles. The minimum absolute atomic E-state index is 0.0317. The van der Waals surface area contributed by atoms with Gasteiger partial charge >= 0.3 is 13.8 Å². The van der Waals surface area contributed by atoms with Crippen LogP contribution in [0, 0.1) is 0 Å². The minimum Gasteiger partial charge on any atom is -0.498 e. The summed E-state index contributed by atoms with van der Waals surface area (Å²) in [6, 6.07) is 0. The maximum Gasteiger partial charge on any atom is 0.472 e. The topological polar surface area (TPSA) is 117 Å². The Morgan fingerprint density at radius 3 is 1.56 bits per heavy atom.